The fraction of sp³-hybridized carbons (Fsp3) is 0.556. The Balaban J connectivity index is 2.31. The zero-order chi connectivity index (χ0) is 21.9. The Morgan fingerprint density at radius 1 is 0.724 bits per heavy atom. The molecule has 29 heavy (non-hydrogen) atoms. The number of nitrogens with zero attached hydrogens (tertiary/aromatic N) is 1. The summed E-state index contributed by atoms with van der Waals surface area (Å²) >= 11 is 0. The fourth-order valence-electron chi connectivity index (χ4n) is 4.78. The minimum absolute atomic E-state index is 0.135. The third kappa shape index (κ3) is 4.19. The molecule has 2 heteroatoms. The standard InChI is InChI=1S/C27H41NSi/c1-25(2,3)19-13-12-18-14-23-22(21(18)15-19)16-20(26(4,5)6)17-24(23)28(29(10)11)27(7,8)9/h12-13,15-17,29H,14H2,1-11H3. The predicted octanol–water partition coefficient (Wildman–Crippen LogP) is 7.44. The highest BCUT2D eigenvalue weighted by Crippen LogP contribution is 2.46. The van der Waals surface area contributed by atoms with Crippen molar-refractivity contribution < 1.29 is 0 Å². The van der Waals surface area contributed by atoms with Crippen molar-refractivity contribution in [2.45, 2.75) is 98.2 Å². The molecule has 3 rings (SSSR count). The number of anilines is 1. The van der Waals surface area contributed by atoms with Crippen molar-refractivity contribution in [3.8, 4) is 11.1 Å². The quantitative estimate of drug-likeness (QED) is 0.399. The van der Waals surface area contributed by atoms with E-state index in [1.165, 1.54) is 39.1 Å². The molecular formula is C27H41NSi. The topological polar surface area (TPSA) is 3.24 Å². The van der Waals surface area contributed by atoms with Crippen LogP contribution in [0.25, 0.3) is 11.1 Å². The van der Waals surface area contributed by atoms with Crippen LogP contribution in [0.2, 0.25) is 13.1 Å². The van der Waals surface area contributed by atoms with Crippen molar-refractivity contribution in [2.24, 2.45) is 0 Å². The van der Waals surface area contributed by atoms with Crippen LogP contribution in [0.5, 0.6) is 0 Å². The van der Waals surface area contributed by atoms with Gasteiger partial charge in [0.15, 0.2) is 0 Å². The van der Waals surface area contributed by atoms with Gasteiger partial charge in [-0.2, -0.15) is 0 Å². The lowest BCUT2D eigenvalue weighted by Gasteiger charge is -2.43. The van der Waals surface area contributed by atoms with E-state index in [0.29, 0.717) is 0 Å². The molecule has 0 radical (unpaired) electrons. The first-order chi connectivity index (χ1) is 13.1. The van der Waals surface area contributed by atoms with Gasteiger partial charge in [-0.25, -0.2) is 0 Å². The summed E-state index contributed by atoms with van der Waals surface area (Å²) in [4.78, 5) is 0. The Morgan fingerprint density at radius 3 is 1.76 bits per heavy atom. The van der Waals surface area contributed by atoms with Gasteiger partial charge in [-0.3, -0.25) is 0 Å². The fourth-order valence-corrected chi connectivity index (χ4v) is 7.12. The first-order valence-electron chi connectivity index (χ1n) is 11.2. The Kier molecular flexibility index (Phi) is 5.35. The molecular weight excluding hydrogens is 366 g/mol. The molecule has 0 heterocycles. The second-order valence-electron chi connectivity index (χ2n) is 12.2. The smallest absolute Gasteiger partial charge is 0.135 e. The molecule has 1 aliphatic carbocycles. The molecule has 0 unspecified atom stereocenters. The Labute approximate surface area is 181 Å². The Bertz CT molecular complexity index is 917. The first-order valence-corrected chi connectivity index (χ1v) is 14.0. The van der Waals surface area contributed by atoms with E-state index < -0.39 is 8.96 Å². The van der Waals surface area contributed by atoms with E-state index in [9.17, 15) is 0 Å². The molecule has 0 amide bonds. The summed E-state index contributed by atoms with van der Waals surface area (Å²) in [6, 6.07) is 12.2. The van der Waals surface area contributed by atoms with Crippen LogP contribution in [-0.4, -0.2) is 14.5 Å². The van der Waals surface area contributed by atoms with Crippen molar-refractivity contribution >= 4 is 14.6 Å². The summed E-state index contributed by atoms with van der Waals surface area (Å²) in [5.74, 6) is 0. The summed E-state index contributed by atoms with van der Waals surface area (Å²) in [5.41, 5.74) is 10.7. The van der Waals surface area contributed by atoms with E-state index in [1.54, 1.807) is 0 Å². The van der Waals surface area contributed by atoms with Gasteiger partial charge in [-0.1, -0.05) is 78.9 Å². The van der Waals surface area contributed by atoms with Gasteiger partial charge in [-0.05, 0) is 71.0 Å². The largest absolute Gasteiger partial charge is 0.396 e. The maximum Gasteiger partial charge on any atom is 0.135 e. The average molecular weight is 408 g/mol. The molecule has 2 aromatic rings. The predicted molar refractivity (Wildman–Crippen MR) is 133 cm³/mol. The van der Waals surface area contributed by atoms with Gasteiger partial charge in [0.25, 0.3) is 0 Å². The third-order valence-electron chi connectivity index (χ3n) is 6.22. The highest BCUT2D eigenvalue weighted by molar-refractivity contribution is 6.60. The van der Waals surface area contributed by atoms with Gasteiger partial charge in [0.1, 0.15) is 8.96 Å². The molecule has 0 bridgehead atoms. The maximum atomic E-state index is 2.76. The first kappa shape index (κ1) is 22.1. The van der Waals surface area contributed by atoms with E-state index in [4.69, 9.17) is 0 Å². The molecule has 158 valence electrons. The van der Waals surface area contributed by atoms with Crippen LogP contribution in [0.15, 0.2) is 30.3 Å². The zero-order valence-electron chi connectivity index (χ0n) is 20.6. The lowest BCUT2D eigenvalue weighted by molar-refractivity contribution is 0.570. The molecule has 1 aliphatic rings. The van der Waals surface area contributed by atoms with Gasteiger partial charge in [0.2, 0.25) is 0 Å². The van der Waals surface area contributed by atoms with Crippen LogP contribution in [0, 0.1) is 0 Å². The molecule has 0 atom stereocenters. The van der Waals surface area contributed by atoms with E-state index in [-0.39, 0.29) is 16.4 Å². The van der Waals surface area contributed by atoms with Crippen molar-refractivity contribution in [1.82, 2.24) is 0 Å². The highest BCUT2D eigenvalue weighted by Gasteiger charge is 2.32. The summed E-state index contributed by atoms with van der Waals surface area (Å²) in [7, 11) is -1.05. The minimum atomic E-state index is -1.05. The molecule has 0 aliphatic heterocycles. The number of hydrogen-bond acceptors (Lipinski definition) is 1. The molecule has 0 saturated carbocycles. The third-order valence-corrected chi connectivity index (χ3v) is 8.31. The van der Waals surface area contributed by atoms with Gasteiger partial charge in [-0.15, -0.1) is 0 Å². The van der Waals surface area contributed by atoms with E-state index in [2.05, 4.69) is 110 Å². The molecule has 1 nitrogen and oxygen atoms in total. The lowest BCUT2D eigenvalue weighted by Crippen LogP contribution is -2.49. The van der Waals surface area contributed by atoms with E-state index in [0.717, 1.165) is 6.42 Å². The van der Waals surface area contributed by atoms with Crippen molar-refractivity contribution in [3.63, 3.8) is 0 Å². The van der Waals surface area contributed by atoms with Crippen LogP contribution >= 0.6 is 0 Å². The highest BCUT2D eigenvalue weighted by atomic mass is 28.3. The van der Waals surface area contributed by atoms with E-state index in [1.807, 2.05) is 0 Å². The number of fused-ring (bicyclic) bond motifs is 3. The summed E-state index contributed by atoms with van der Waals surface area (Å²) in [6.45, 7) is 26.0. The molecule has 0 N–H and O–H groups in total. The van der Waals surface area contributed by atoms with Crippen LogP contribution in [0.3, 0.4) is 0 Å². The molecule has 0 aromatic heterocycles. The van der Waals surface area contributed by atoms with E-state index >= 15 is 0 Å². The second-order valence-corrected chi connectivity index (χ2v) is 14.9. The second kappa shape index (κ2) is 7.01. The Hall–Kier alpha value is -1.54. The van der Waals surface area contributed by atoms with Crippen LogP contribution < -0.4 is 4.57 Å². The van der Waals surface area contributed by atoms with Crippen LogP contribution in [0.4, 0.5) is 5.69 Å². The van der Waals surface area contributed by atoms with Crippen molar-refractivity contribution in [3.05, 3.63) is 52.6 Å². The molecule has 2 aromatic carbocycles. The Morgan fingerprint density at radius 2 is 1.28 bits per heavy atom. The lowest BCUT2D eigenvalue weighted by atomic mass is 9.83. The number of rotatable bonds is 2. The van der Waals surface area contributed by atoms with Gasteiger partial charge >= 0.3 is 0 Å². The van der Waals surface area contributed by atoms with Crippen LogP contribution in [0.1, 0.15) is 84.6 Å². The summed E-state index contributed by atoms with van der Waals surface area (Å²) in [6.07, 6.45) is 1.06. The SMILES string of the molecule is C[SiH](C)N(c1cc(C(C)(C)C)cc2c1Cc1ccc(C(C)(C)C)cc1-2)C(C)(C)C. The molecule has 0 fully saturated rings. The monoisotopic (exact) mass is 407 g/mol. The summed E-state index contributed by atoms with van der Waals surface area (Å²) in [5, 5.41) is 0. The van der Waals surface area contributed by atoms with Gasteiger partial charge < -0.3 is 4.57 Å². The molecule has 0 saturated heterocycles. The summed E-state index contributed by atoms with van der Waals surface area (Å²) < 4.78 is 2.76. The normalized spacial score (nSPS) is 14.2. The molecule has 0 spiro atoms. The minimum Gasteiger partial charge on any atom is -0.396 e. The number of benzene rings is 2. The average Bonchev–Trinajstić information content (AvgIpc) is 2.89. The van der Waals surface area contributed by atoms with Crippen LogP contribution in [-0.2, 0) is 17.3 Å². The van der Waals surface area contributed by atoms with Gasteiger partial charge in [0, 0.05) is 17.6 Å². The number of hydrogen-bond donors (Lipinski definition) is 0. The zero-order valence-corrected chi connectivity index (χ0v) is 21.8. The van der Waals surface area contributed by atoms with Gasteiger partial charge in [0.05, 0.1) is 0 Å². The maximum absolute atomic E-state index is 2.76. The van der Waals surface area contributed by atoms with Crippen molar-refractivity contribution in [1.29, 1.82) is 0 Å². The van der Waals surface area contributed by atoms with Crippen molar-refractivity contribution in [2.75, 3.05) is 4.57 Å².